The Morgan fingerprint density at radius 1 is 0.962 bits per heavy atom. The first-order valence-electron chi connectivity index (χ1n) is 10.2. The average molecular weight is 359 g/mol. The molecule has 0 unspecified atom stereocenters. The van der Waals surface area contributed by atoms with E-state index in [0.717, 1.165) is 38.8 Å². The zero-order valence-corrected chi connectivity index (χ0v) is 16.7. The molecule has 0 spiro atoms. The quantitative estimate of drug-likeness (QED) is 0.591. The molecule has 1 aliphatic carbocycles. The molecule has 1 aromatic rings. The van der Waals surface area contributed by atoms with Crippen molar-refractivity contribution >= 4 is 11.8 Å². The average Bonchev–Trinajstić information content (AvgIpc) is 3.45. The summed E-state index contributed by atoms with van der Waals surface area (Å²) in [5.41, 5.74) is 2.42. The molecular formula is C22H34N2O2. The second kappa shape index (κ2) is 10.3. The number of nitrogens with zero attached hydrogens (tertiary/aromatic N) is 2. The predicted octanol–water partition coefficient (Wildman–Crippen LogP) is 4.30. The van der Waals surface area contributed by atoms with E-state index in [0.29, 0.717) is 31.8 Å². The van der Waals surface area contributed by atoms with Crippen molar-refractivity contribution < 1.29 is 9.59 Å². The van der Waals surface area contributed by atoms with Gasteiger partial charge >= 0.3 is 0 Å². The second-order valence-electron chi connectivity index (χ2n) is 7.47. The minimum atomic E-state index is 0.193. The molecule has 0 bridgehead atoms. The maximum absolute atomic E-state index is 12.7. The minimum absolute atomic E-state index is 0.193. The van der Waals surface area contributed by atoms with Crippen LogP contribution in [0.15, 0.2) is 24.3 Å². The van der Waals surface area contributed by atoms with E-state index in [2.05, 4.69) is 45.0 Å². The SMILES string of the molecule is CCCN(CCC)C(=O)CCCC(=O)N(Cc1ccc(C)cc1)C1CC1. The number of aryl methyl sites for hydroxylation is 1. The van der Waals surface area contributed by atoms with E-state index in [4.69, 9.17) is 0 Å². The molecular weight excluding hydrogens is 324 g/mol. The Labute approximate surface area is 158 Å². The summed E-state index contributed by atoms with van der Waals surface area (Å²) < 4.78 is 0. The van der Waals surface area contributed by atoms with Gasteiger partial charge in [-0.2, -0.15) is 0 Å². The molecule has 2 amide bonds. The molecule has 4 nitrogen and oxygen atoms in total. The van der Waals surface area contributed by atoms with E-state index >= 15 is 0 Å². The zero-order valence-electron chi connectivity index (χ0n) is 16.7. The molecule has 1 aliphatic rings. The Morgan fingerprint density at radius 3 is 2.08 bits per heavy atom. The highest BCUT2D eigenvalue weighted by atomic mass is 16.2. The van der Waals surface area contributed by atoms with Crippen LogP contribution in [0.3, 0.4) is 0 Å². The van der Waals surface area contributed by atoms with Gasteiger partial charge in [-0.1, -0.05) is 43.7 Å². The first-order chi connectivity index (χ1) is 12.5. The van der Waals surface area contributed by atoms with E-state index in [1.807, 2.05) is 9.80 Å². The lowest BCUT2D eigenvalue weighted by atomic mass is 10.1. The number of hydrogen-bond acceptors (Lipinski definition) is 2. The van der Waals surface area contributed by atoms with Gasteiger partial charge in [0.2, 0.25) is 11.8 Å². The van der Waals surface area contributed by atoms with Crippen LogP contribution in [0.5, 0.6) is 0 Å². The Kier molecular flexibility index (Phi) is 8.14. The molecule has 4 heteroatoms. The molecule has 0 atom stereocenters. The van der Waals surface area contributed by atoms with E-state index < -0.39 is 0 Å². The van der Waals surface area contributed by atoms with Crippen molar-refractivity contribution in [2.75, 3.05) is 13.1 Å². The molecule has 144 valence electrons. The molecule has 0 N–H and O–H groups in total. The molecule has 1 saturated carbocycles. The molecule has 0 saturated heterocycles. The van der Waals surface area contributed by atoms with Gasteiger partial charge in [-0.05, 0) is 44.6 Å². The number of rotatable bonds is 11. The van der Waals surface area contributed by atoms with Gasteiger partial charge in [0.05, 0.1) is 0 Å². The summed E-state index contributed by atoms with van der Waals surface area (Å²) in [5, 5.41) is 0. The van der Waals surface area contributed by atoms with E-state index in [1.165, 1.54) is 11.1 Å². The lowest BCUT2D eigenvalue weighted by Crippen LogP contribution is -2.34. The molecule has 0 aliphatic heterocycles. The molecule has 0 aromatic heterocycles. The van der Waals surface area contributed by atoms with E-state index in [9.17, 15) is 9.59 Å². The molecule has 1 fully saturated rings. The van der Waals surface area contributed by atoms with Crippen LogP contribution in [0.25, 0.3) is 0 Å². The summed E-state index contributed by atoms with van der Waals surface area (Å²) in [6.07, 6.45) is 5.79. The van der Waals surface area contributed by atoms with Crippen molar-refractivity contribution in [3.63, 3.8) is 0 Å². The Hall–Kier alpha value is -1.84. The van der Waals surface area contributed by atoms with Crippen LogP contribution in [-0.4, -0.2) is 40.7 Å². The summed E-state index contributed by atoms with van der Waals surface area (Å²) in [7, 11) is 0. The molecule has 26 heavy (non-hydrogen) atoms. The van der Waals surface area contributed by atoms with Gasteiger partial charge in [-0.25, -0.2) is 0 Å². The van der Waals surface area contributed by atoms with Crippen molar-refractivity contribution in [1.82, 2.24) is 9.80 Å². The largest absolute Gasteiger partial charge is 0.343 e. The van der Waals surface area contributed by atoms with Crippen LogP contribution < -0.4 is 0 Å². The highest BCUT2D eigenvalue weighted by molar-refractivity contribution is 5.79. The monoisotopic (exact) mass is 358 g/mol. The fourth-order valence-electron chi connectivity index (χ4n) is 3.29. The van der Waals surface area contributed by atoms with Crippen molar-refractivity contribution in [2.45, 2.75) is 78.3 Å². The molecule has 0 radical (unpaired) electrons. The maximum Gasteiger partial charge on any atom is 0.223 e. The predicted molar refractivity (Wildman–Crippen MR) is 106 cm³/mol. The Bertz CT molecular complexity index is 572. The number of benzene rings is 1. The maximum atomic E-state index is 12.7. The second-order valence-corrected chi connectivity index (χ2v) is 7.47. The van der Waals surface area contributed by atoms with Crippen molar-refractivity contribution in [2.24, 2.45) is 0 Å². The summed E-state index contributed by atoms with van der Waals surface area (Å²) in [6.45, 7) is 8.60. The van der Waals surface area contributed by atoms with E-state index in [1.54, 1.807) is 0 Å². The number of carbonyl (C=O) groups is 2. The van der Waals surface area contributed by atoms with Gasteiger partial charge in [0.25, 0.3) is 0 Å². The summed E-state index contributed by atoms with van der Waals surface area (Å²) >= 11 is 0. The van der Waals surface area contributed by atoms with Crippen LogP contribution in [0.2, 0.25) is 0 Å². The molecule has 2 rings (SSSR count). The van der Waals surface area contributed by atoms with Gasteiger partial charge in [0.15, 0.2) is 0 Å². The summed E-state index contributed by atoms with van der Waals surface area (Å²) in [4.78, 5) is 29.0. The summed E-state index contributed by atoms with van der Waals surface area (Å²) in [5.74, 6) is 0.386. The number of hydrogen-bond donors (Lipinski definition) is 0. The van der Waals surface area contributed by atoms with Crippen LogP contribution in [0, 0.1) is 6.92 Å². The Balaban J connectivity index is 1.82. The first-order valence-corrected chi connectivity index (χ1v) is 10.2. The van der Waals surface area contributed by atoms with Crippen LogP contribution in [-0.2, 0) is 16.1 Å². The fourth-order valence-corrected chi connectivity index (χ4v) is 3.29. The number of amides is 2. The number of carbonyl (C=O) groups excluding carboxylic acids is 2. The van der Waals surface area contributed by atoms with Crippen molar-refractivity contribution in [3.8, 4) is 0 Å². The Morgan fingerprint density at radius 2 is 1.54 bits per heavy atom. The van der Waals surface area contributed by atoms with Gasteiger partial charge in [-0.3, -0.25) is 9.59 Å². The first kappa shape index (κ1) is 20.5. The smallest absolute Gasteiger partial charge is 0.223 e. The third kappa shape index (κ3) is 6.47. The van der Waals surface area contributed by atoms with Crippen LogP contribution in [0.4, 0.5) is 0 Å². The van der Waals surface area contributed by atoms with Crippen LogP contribution >= 0.6 is 0 Å². The van der Waals surface area contributed by atoms with Gasteiger partial charge in [0, 0.05) is 38.5 Å². The van der Waals surface area contributed by atoms with Crippen molar-refractivity contribution in [1.29, 1.82) is 0 Å². The third-order valence-corrected chi connectivity index (χ3v) is 4.90. The zero-order chi connectivity index (χ0) is 18.9. The lowest BCUT2D eigenvalue weighted by Gasteiger charge is -2.24. The standard InChI is InChI=1S/C22H34N2O2/c1-4-15-23(16-5-2)21(25)7-6-8-22(26)24(20-13-14-20)17-19-11-9-18(3)10-12-19/h9-12,20H,4-8,13-17H2,1-3H3. The lowest BCUT2D eigenvalue weighted by molar-refractivity contribution is -0.133. The fraction of sp³-hybridized carbons (Fsp3) is 0.636. The molecule has 0 heterocycles. The summed E-state index contributed by atoms with van der Waals surface area (Å²) in [6, 6.07) is 8.80. The highest BCUT2D eigenvalue weighted by Crippen LogP contribution is 2.29. The van der Waals surface area contributed by atoms with E-state index in [-0.39, 0.29) is 11.8 Å². The van der Waals surface area contributed by atoms with Crippen LogP contribution in [0.1, 0.15) is 69.9 Å². The molecule has 1 aromatic carbocycles. The van der Waals surface area contributed by atoms with Gasteiger partial charge < -0.3 is 9.80 Å². The third-order valence-electron chi connectivity index (χ3n) is 4.90. The van der Waals surface area contributed by atoms with Gasteiger partial charge in [0.1, 0.15) is 0 Å². The minimum Gasteiger partial charge on any atom is -0.343 e. The highest BCUT2D eigenvalue weighted by Gasteiger charge is 2.32. The van der Waals surface area contributed by atoms with Gasteiger partial charge in [-0.15, -0.1) is 0 Å². The van der Waals surface area contributed by atoms with Crippen molar-refractivity contribution in [3.05, 3.63) is 35.4 Å². The topological polar surface area (TPSA) is 40.6 Å². The normalized spacial score (nSPS) is 13.5.